The maximum atomic E-state index is 12.0. The van der Waals surface area contributed by atoms with E-state index in [-0.39, 0.29) is 18.4 Å². The lowest BCUT2D eigenvalue weighted by Crippen LogP contribution is -2.40. The van der Waals surface area contributed by atoms with Gasteiger partial charge in [-0.2, -0.15) is 0 Å². The van der Waals surface area contributed by atoms with Crippen LogP contribution in [0.4, 0.5) is 4.79 Å². The first-order valence-corrected chi connectivity index (χ1v) is 8.54. The van der Waals surface area contributed by atoms with Crippen molar-refractivity contribution in [3.05, 3.63) is 70.9 Å². The van der Waals surface area contributed by atoms with E-state index in [9.17, 15) is 9.59 Å². The second-order valence-corrected chi connectivity index (χ2v) is 6.29. The van der Waals surface area contributed by atoms with E-state index in [1.54, 1.807) is 0 Å². The molecule has 0 radical (unpaired) electrons. The summed E-state index contributed by atoms with van der Waals surface area (Å²) in [6.07, 6.45) is 1.94. The number of benzene rings is 2. The van der Waals surface area contributed by atoms with Crippen LogP contribution in [0.1, 0.15) is 17.0 Å². The number of nitrogens with two attached hydrogens (primary N) is 1. The summed E-state index contributed by atoms with van der Waals surface area (Å²) >= 11 is 6.41. The zero-order valence-corrected chi connectivity index (χ0v) is 14.7. The van der Waals surface area contributed by atoms with Gasteiger partial charge in [0, 0.05) is 34.6 Å². The molecule has 1 aromatic heterocycles. The number of primary amides is 1. The predicted molar refractivity (Wildman–Crippen MR) is 102 cm³/mol. The highest BCUT2D eigenvalue weighted by atomic mass is 35.5. The van der Waals surface area contributed by atoms with Crippen molar-refractivity contribution in [1.29, 1.82) is 0 Å². The van der Waals surface area contributed by atoms with Crippen molar-refractivity contribution in [2.75, 3.05) is 13.1 Å². The zero-order valence-electron chi connectivity index (χ0n) is 14.0. The predicted octanol–water partition coefficient (Wildman–Crippen LogP) is 2.74. The number of carbonyl (C=O) groups is 2. The zero-order chi connectivity index (χ0) is 18.5. The monoisotopic (exact) mass is 370 g/mol. The number of hydrogen-bond acceptors (Lipinski definition) is 2. The molecule has 0 bridgehead atoms. The maximum Gasteiger partial charge on any atom is 0.312 e. The Morgan fingerprint density at radius 1 is 1.04 bits per heavy atom. The molecule has 0 saturated heterocycles. The number of carbonyl (C=O) groups excluding carboxylic acids is 2. The normalized spacial score (nSPS) is 11.9. The Morgan fingerprint density at radius 3 is 2.54 bits per heavy atom. The molecule has 3 amide bonds. The Morgan fingerprint density at radius 2 is 1.77 bits per heavy atom. The number of nitrogens with one attached hydrogen (secondary N) is 3. The molecule has 7 heteroatoms. The second-order valence-electron chi connectivity index (χ2n) is 5.89. The van der Waals surface area contributed by atoms with Gasteiger partial charge in [0.15, 0.2) is 0 Å². The quantitative estimate of drug-likeness (QED) is 0.536. The fourth-order valence-electron chi connectivity index (χ4n) is 2.97. The minimum atomic E-state index is -0.737. The molecule has 6 nitrogen and oxygen atoms in total. The van der Waals surface area contributed by atoms with Gasteiger partial charge in [0.2, 0.25) is 5.91 Å². The van der Waals surface area contributed by atoms with Gasteiger partial charge in [-0.3, -0.25) is 4.79 Å². The van der Waals surface area contributed by atoms with Gasteiger partial charge >= 0.3 is 6.03 Å². The molecular weight excluding hydrogens is 352 g/mol. The number of hydrogen-bond donors (Lipinski definition) is 4. The SMILES string of the molecule is NC(=O)NCC(=O)NCC(c1ccccc1Cl)c1c[nH]c2ccccc12. The van der Waals surface area contributed by atoms with Crippen LogP contribution in [-0.2, 0) is 4.79 Å². The summed E-state index contributed by atoms with van der Waals surface area (Å²) in [5.41, 5.74) is 7.97. The molecule has 134 valence electrons. The molecule has 0 aliphatic rings. The molecule has 0 spiro atoms. The summed E-state index contributed by atoms with van der Waals surface area (Å²) < 4.78 is 0. The molecule has 3 aromatic rings. The van der Waals surface area contributed by atoms with Crippen molar-refractivity contribution in [2.45, 2.75) is 5.92 Å². The first-order valence-electron chi connectivity index (χ1n) is 8.16. The number of rotatable bonds is 6. The first kappa shape index (κ1) is 17.8. The lowest BCUT2D eigenvalue weighted by molar-refractivity contribution is -0.120. The Hall–Kier alpha value is -2.99. The highest BCUT2D eigenvalue weighted by Crippen LogP contribution is 2.33. The molecular formula is C19H19ClN4O2. The fraction of sp³-hybridized carbons (Fsp3) is 0.158. The number of para-hydroxylation sites is 1. The summed E-state index contributed by atoms with van der Waals surface area (Å²) in [5.74, 6) is -0.460. The average molecular weight is 371 g/mol. The maximum absolute atomic E-state index is 12.0. The number of urea groups is 1. The van der Waals surface area contributed by atoms with Crippen LogP contribution < -0.4 is 16.4 Å². The third-order valence-electron chi connectivity index (χ3n) is 4.20. The van der Waals surface area contributed by atoms with Crippen LogP contribution in [0.2, 0.25) is 5.02 Å². The molecule has 3 rings (SSSR count). The van der Waals surface area contributed by atoms with E-state index in [0.717, 1.165) is 22.0 Å². The largest absolute Gasteiger partial charge is 0.361 e. The third-order valence-corrected chi connectivity index (χ3v) is 4.55. The molecule has 26 heavy (non-hydrogen) atoms. The number of aromatic nitrogens is 1. The van der Waals surface area contributed by atoms with Crippen LogP contribution >= 0.6 is 11.6 Å². The third kappa shape index (κ3) is 3.97. The topological polar surface area (TPSA) is 100 Å². The average Bonchev–Trinajstić information content (AvgIpc) is 3.05. The minimum Gasteiger partial charge on any atom is -0.361 e. The Balaban J connectivity index is 1.89. The van der Waals surface area contributed by atoms with Crippen LogP contribution in [0.15, 0.2) is 54.7 Å². The van der Waals surface area contributed by atoms with Gasteiger partial charge in [0.25, 0.3) is 0 Å². The van der Waals surface area contributed by atoms with Gasteiger partial charge in [0.1, 0.15) is 0 Å². The molecule has 0 aliphatic carbocycles. The smallest absolute Gasteiger partial charge is 0.312 e. The molecule has 2 aromatic carbocycles. The standard InChI is InChI=1S/C19H19ClN4O2/c20-16-7-3-1-5-12(16)14(10-23-18(25)11-24-19(21)26)15-9-22-17-8-4-2-6-13(15)17/h1-9,14,22H,10-11H2,(H,23,25)(H3,21,24,26). The fourth-order valence-corrected chi connectivity index (χ4v) is 3.24. The van der Waals surface area contributed by atoms with E-state index in [2.05, 4.69) is 15.6 Å². The molecule has 0 aliphatic heterocycles. The van der Waals surface area contributed by atoms with E-state index in [1.165, 1.54) is 0 Å². The Labute approximate surface area is 155 Å². The molecule has 1 atom stereocenters. The van der Waals surface area contributed by atoms with Crippen molar-refractivity contribution in [2.24, 2.45) is 5.73 Å². The lowest BCUT2D eigenvalue weighted by Gasteiger charge is -2.19. The van der Waals surface area contributed by atoms with Gasteiger partial charge in [-0.15, -0.1) is 0 Å². The van der Waals surface area contributed by atoms with E-state index in [0.29, 0.717) is 11.6 Å². The van der Waals surface area contributed by atoms with E-state index < -0.39 is 6.03 Å². The molecule has 1 unspecified atom stereocenters. The number of halogens is 1. The van der Waals surface area contributed by atoms with Crippen LogP contribution in [0.3, 0.4) is 0 Å². The van der Waals surface area contributed by atoms with Crippen molar-refractivity contribution in [1.82, 2.24) is 15.6 Å². The Bertz CT molecular complexity index is 938. The van der Waals surface area contributed by atoms with Crippen LogP contribution in [0, 0.1) is 0 Å². The molecule has 1 heterocycles. The van der Waals surface area contributed by atoms with E-state index in [1.807, 2.05) is 54.7 Å². The van der Waals surface area contributed by atoms with Crippen molar-refractivity contribution >= 4 is 34.4 Å². The number of fused-ring (bicyclic) bond motifs is 1. The van der Waals surface area contributed by atoms with Gasteiger partial charge in [0.05, 0.1) is 6.54 Å². The van der Waals surface area contributed by atoms with Crippen LogP contribution in [-0.4, -0.2) is 30.0 Å². The van der Waals surface area contributed by atoms with Crippen molar-refractivity contribution in [3.8, 4) is 0 Å². The first-order chi connectivity index (χ1) is 12.6. The number of aromatic amines is 1. The minimum absolute atomic E-state index is 0.141. The highest BCUT2D eigenvalue weighted by molar-refractivity contribution is 6.31. The van der Waals surface area contributed by atoms with Crippen molar-refractivity contribution < 1.29 is 9.59 Å². The van der Waals surface area contributed by atoms with Gasteiger partial charge in [-0.05, 0) is 23.3 Å². The summed E-state index contributed by atoms with van der Waals surface area (Å²) in [7, 11) is 0. The summed E-state index contributed by atoms with van der Waals surface area (Å²) in [6, 6.07) is 14.8. The number of H-pyrrole nitrogens is 1. The number of amides is 3. The lowest BCUT2D eigenvalue weighted by atomic mass is 9.90. The highest BCUT2D eigenvalue weighted by Gasteiger charge is 2.21. The van der Waals surface area contributed by atoms with E-state index >= 15 is 0 Å². The van der Waals surface area contributed by atoms with Gasteiger partial charge < -0.3 is 21.4 Å². The summed E-state index contributed by atoms with van der Waals surface area (Å²) in [6.45, 7) is 0.170. The summed E-state index contributed by atoms with van der Waals surface area (Å²) in [5, 5.41) is 6.82. The van der Waals surface area contributed by atoms with Crippen LogP contribution in [0.5, 0.6) is 0 Å². The second kappa shape index (κ2) is 7.93. The van der Waals surface area contributed by atoms with Crippen LogP contribution in [0.25, 0.3) is 10.9 Å². The van der Waals surface area contributed by atoms with E-state index in [4.69, 9.17) is 17.3 Å². The van der Waals surface area contributed by atoms with Gasteiger partial charge in [-0.1, -0.05) is 48.0 Å². The Kier molecular flexibility index (Phi) is 5.43. The van der Waals surface area contributed by atoms with Crippen molar-refractivity contribution in [3.63, 3.8) is 0 Å². The molecule has 0 fully saturated rings. The molecule has 5 N–H and O–H groups in total. The summed E-state index contributed by atoms with van der Waals surface area (Å²) in [4.78, 5) is 26.0. The van der Waals surface area contributed by atoms with Gasteiger partial charge in [-0.25, -0.2) is 4.79 Å². The molecule has 0 saturated carbocycles.